The van der Waals surface area contributed by atoms with Crippen molar-refractivity contribution < 1.29 is 0 Å². The molecule has 0 atom stereocenters. The number of aromatic amines is 1. The van der Waals surface area contributed by atoms with E-state index in [-0.39, 0.29) is 0 Å². The molecule has 2 N–H and O–H groups in total. The summed E-state index contributed by atoms with van der Waals surface area (Å²) in [4.78, 5) is 8.52. The molecule has 0 aliphatic rings. The Morgan fingerprint density at radius 1 is 1.47 bits per heavy atom. The molecule has 3 heterocycles. The molecule has 0 saturated carbocycles. The zero-order chi connectivity index (χ0) is 11.7. The molecule has 0 fully saturated rings. The van der Waals surface area contributed by atoms with Crippen LogP contribution in [-0.4, -0.2) is 35.0 Å². The van der Waals surface area contributed by atoms with E-state index in [1.165, 1.54) is 0 Å². The van der Waals surface area contributed by atoms with Crippen molar-refractivity contribution >= 4 is 27.4 Å². The Morgan fingerprint density at radius 2 is 2.41 bits per heavy atom. The van der Waals surface area contributed by atoms with Gasteiger partial charge >= 0.3 is 0 Å². The monoisotopic (exact) mass is 294 g/mol. The number of nitrogens with one attached hydrogen (secondary N) is 2. The molecule has 0 radical (unpaired) electrons. The van der Waals surface area contributed by atoms with Gasteiger partial charge in [-0.1, -0.05) is 5.21 Å². The van der Waals surface area contributed by atoms with E-state index in [1.54, 1.807) is 6.20 Å². The summed E-state index contributed by atoms with van der Waals surface area (Å²) in [5, 5.41) is 16.7. The van der Waals surface area contributed by atoms with E-state index < -0.39 is 0 Å². The number of H-pyrrole nitrogens is 1. The molecule has 0 aliphatic heterocycles. The minimum atomic E-state index is 0.433. The van der Waals surface area contributed by atoms with Crippen LogP contribution < -0.4 is 5.32 Å². The van der Waals surface area contributed by atoms with E-state index in [9.17, 15) is 0 Å². The average molecular weight is 295 g/mol. The van der Waals surface area contributed by atoms with E-state index in [2.05, 4.69) is 51.8 Å². The molecule has 17 heavy (non-hydrogen) atoms. The maximum atomic E-state index is 4.31. The van der Waals surface area contributed by atoms with Gasteiger partial charge in [-0.25, -0.2) is 9.97 Å². The van der Waals surface area contributed by atoms with Gasteiger partial charge < -0.3 is 9.72 Å². The number of hydrogen-bond acceptors (Lipinski definition) is 6. The standard InChI is InChI=1S/C8H7BrN8/c9-5-4-17-2-1-10-8(17)7(12-5)11-3-6-13-15-16-14-6/h1-2,4H,3H2,(H,11,12)(H,13,14,15,16). The number of nitrogens with zero attached hydrogens (tertiary/aromatic N) is 6. The molecule has 3 aromatic heterocycles. The van der Waals surface area contributed by atoms with Crippen LogP contribution in [0.15, 0.2) is 23.2 Å². The maximum Gasteiger partial charge on any atom is 0.193 e. The van der Waals surface area contributed by atoms with Crippen molar-refractivity contribution in [2.24, 2.45) is 0 Å². The second kappa shape index (κ2) is 4.09. The summed E-state index contributed by atoms with van der Waals surface area (Å²) in [5.41, 5.74) is 0.747. The molecule has 3 rings (SSSR count). The summed E-state index contributed by atoms with van der Waals surface area (Å²) in [7, 11) is 0. The number of fused-ring (bicyclic) bond motifs is 1. The Kier molecular flexibility index (Phi) is 2.44. The van der Waals surface area contributed by atoms with Crippen molar-refractivity contribution in [1.82, 2.24) is 35.0 Å². The van der Waals surface area contributed by atoms with Crippen LogP contribution in [0.5, 0.6) is 0 Å². The summed E-state index contributed by atoms with van der Waals surface area (Å²) < 4.78 is 2.59. The topological polar surface area (TPSA) is 96.7 Å². The highest BCUT2D eigenvalue weighted by Crippen LogP contribution is 2.16. The van der Waals surface area contributed by atoms with Gasteiger partial charge in [0.25, 0.3) is 0 Å². The van der Waals surface area contributed by atoms with Gasteiger partial charge in [-0.2, -0.15) is 5.21 Å². The van der Waals surface area contributed by atoms with E-state index in [0.717, 1.165) is 10.3 Å². The number of anilines is 1. The lowest BCUT2D eigenvalue weighted by molar-refractivity contribution is 0.881. The molecule has 9 heteroatoms. The van der Waals surface area contributed by atoms with Crippen LogP contribution in [0.1, 0.15) is 5.82 Å². The van der Waals surface area contributed by atoms with Gasteiger partial charge in [-0.15, -0.1) is 10.2 Å². The molecule has 0 saturated heterocycles. The van der Waals surface area contributed by atoms with Gasteiger partial charge in [0.1, 0.15) is 4.60 Å². The molecule has 0 aromatic carbocycles. The van der Waals surface area contributed by atoms with Gasteiger partial charge in [0, 0.05) is 18.6 Å². The van der Waals surface area contributed by atoms with Gasteiger partial charge in [0.15, 0.2) is 17.3 Å². The first-order chi connectivity index (χ1) is 8.33. The predicted octanol–water partition coefficient (Wildman–Crippen LogP) is 0.617. The highest BCUT2D eigenvalue weighted by atomic mass is 79.9. The first-order valence-corrected chi connectivity index (χ1v) is 5.57. The first kappa shape index (κ1) is 10.1. The predicted molar refractivity (Wildman–Crippen MR) is 62.2 cm³/mol. The molecule has 0 bridgehead atoms. The lowest BCUT2D eigenvalue weighted by atomic mass is 10.5. The largest absolute Gasteiger partial charge is 0.359 e. The highest BCUT2D eigenvalue weighted by Gasteiger charge is 2.07. The number of imidazole rings is 1. The molecule has 86 valence electrons. The molecule has 0 spiro atoms. The number of hydrogen-bond donors (Lipinski definition) is 2. The number of halogens is 1. The number of tetrazole rings is 1. The second-order valence-corrected chi connectivity index (χ2v) is 4.06. The normalized spacial score (nSPS) is 10.9. The third-order valence-electron chi connectivity index (χ3n) is 2.15. The summed E-state index contributed by atoms with van der Waals surface area (Å²) in [6.45, 7) is 0.433. The second-order valence-electron chi connectivity index (χ2n) is 3.25. The van der Waals surface area contributed by atoms with Crippen molar-refractivity contribution in [2.75, 3.05) is 5.32 Å². The van der Waals surface area contributed by atoms with Gasteiger partial charge in [0.2, 0.25) is 0 Å². The number of rotatable bonds is 3. The minimum Gasteiger partial charge on any atom is -0.359 e. The Hall–Kier alpha value is -2.03. The van der Waals surface area contributed by atoms with E-state index in [0.29, 0.717) is 18.2 Å². The fraction of sp³-hybridized carbons (Fsp3) is 0.125. The molecule has 3 aromatic rings. The van der Waals surface area contributed by atoms with E-state index in [1.807, 2.05) is 16.8 Å². The third kappa shape index (κ3) is 1.96. The molecular weight excluding hydrogens is 288 g/mol. The fourth-order valence-electron chi connectivity index (χ4n) is 1.44. The van der Waals surface area contributed by atoms with Crippen LogP contribution in [0.2, 0.25) is 0 Å². The van der Waals surface area contributed by atoms with Crippen LogP contribution in [0.4, 0.5) is 5.82 Å². The quantitative estimate of drug-likeness (QED) is 0.735. The Labute approximate surface area is 104 Å². The van der Waals surface area contributed by atoms with Crippen molar-refractivity contribution in [3.05, 3.63) is 29.0 Å². The Morgan fingerprint density at radius 3 is 3.24 bits per heavy atom. The SMILES string of the molecule is Brc1cn2ccnc2c(NCc2nn[nH]n2)n1. The summed E-state index contributed by atoms with van der Waals surface area (Å²) in [6.07, 6.45) is 5.39. The molecule has 0 unspecified atom stereocenters. The van der Waals surface area contributed by atoms with Crippen molar-refractivity contribution in [2.45, 2.75) is 6.54 Å². The third-order valence-corrected chi connectivity index (χ3v) is 2.53. The summed E-state index contributed by atoms with van der Waals surface area (Å²) in [5.74, 6) is 1.23. The minimum absolute atomic E-state index is 0.433. The van der Waals surface area contributed by atoms with Gasteiger partial charge in [-0.3, -0.25) is 0 Å². The molecule has 0 aliphatic carbocycles. The number of aromatic nitrogens is 7. The van der Waals surface area contributed by atoms with E-state index in [4.69, 9.17) is 0 Å². The summed E-state index contributed by atoms with van der Waals surface area (Å²) >= 11 is 3.34. The average Bonchev–Trinajstić information content (AvgIpc) is 2.95. The lowest BCUT2D eigenvalue weighted by Crippen LogP contribution is -2.05. The Bertz CT molecular complexity index is 630. The molecule has 0 amide bonds. The van der Waals surface area contributed by atoms with Crippen molar-refractivity contribution in [3.8, 4) is 0 Å². The zero-order valence-electron chi connectivity index (χ0n) is 8.50. The molecular formula is C8H7BrN8. The van der Waals surface area contributed by atoms with Gasteiger partial charge in [0.05, 0.1) is 6.54 Å². The molecule has 8 nitrogen and oxygen atoms in total. The van der Waals surface area contributed by atoms with Crippen molar-refractivity contribution in [1.29, 1.82) is 0 Å². The smallest absolute Gasteiger partial charge is 0.193 e. The maximum absolute atomic E-state index is 4.31. The Balaban J connectivity index is 1.91. The van der Waals surface area contributed by atoms with Crippen LogP contribution in [-0.2, 0) is 6.54 Å². The zero-order valence-corrected chi connectivity index (χ0v) is 10.1. The van der Waals surface area contributed by atoms with Crippen LogP contribution in [0.25, 0.3) is 5.65 Å². The fourth-order valence-corrected chi connectivity index (χ4v) is 1.84. The first-order valence-electron chi connectivity index (χ1n) is 4.78. The van der Waals surface area contributed by atoms with Crippen LogP contribution in [0, 0.1) is 0 Å². The highest BCUT2D eigenvalue weighted by molar-refractivity contribution is 9.10. The summed E-state index contributed by atoms with van der Waals surface area (Å²) in [6, 6.07) is 0. The van der Waals surface area contributed by atoms with Crippen molar-refractivity contribution in [3.63, 3.8) is 0 Å². The van der Waals surface area contributed by atoms with Crippen LogP contribution in [0.3, 0.4) is 0 Å². The van der Waals surface area contributed by atoms with E-state index >= 15 is 0 Å². The van der Waals surface area contributed by atoms with Gasteiger partial charge in [-0.05, 0) is 15.9 Å². The lowest BCUT2D eigenvalue weighted by Gasteiger charge is -2.05. The van der Waals surface area contributed by atoms with Crippen LogP contribution >= 0.6 is 15.9 Å².